The zero-order valence-electron chi connectivity index (χ0n) is 11.2. The lowest BCUT2D eigenvalue weighted by Crippen LogP contribution is -2.08. The maximum Gasteiger partial charge on any atom is 0.288 e. The molecule has 1 aromatic heterocycles. The summed E-state index contributed by atoms with van der Waals surface area (Å²) in [4.78, 5) is 4.87. The summed E-state index contributed by atoms with van der Waals surface area (Å²) in [6.07, 6.45) is 4.81. The fourth-order valence-corrected chi connectivity index (χ4v) is 2.39. The third-order valence-electron chi connectivity index (χ3n) is 2.80. The number of hydrogen-bond acceptors (Lipinski definition) is 3. The minimum atomic E-state index is -2.38. The molecule has 20 heavy (non-hydrogen) atoms. The van der Waals surface area contributed by atoms with Crippen LogP contribution in [0.5, 0.6) is 0 Å². The highest BCUT2D eigenvalue weighted by atomic mass is 32.2. The van der Waals surface area contributed by atoms with Crippen molar-refractivity contribution in [3.05, 3.63) is 42.5 Å². The van der Waals surface area contributed by atoms with Crippen LogP contribution in [-0.4, -0.2) is 15.3 Å². The van der Waals surface area contributed by atoms with Crippen molar-refractivity contribution in [2.45, 2.75) is 37.1 Å². The van der Waals surface area contributed by atoms with Gasteiger partial charge >= 0.3 is 0 Å². The number of benzene rings is 1. The molecule has 0 aliphatic carbocycles. The van der Waals surface area contributed by atoms with E-state index < -0.39 is 5.76 Å². The summed E-state index contributed by atoms with van der Waals surface area (Å²) in [5.41, 5.74) is 0.898. The summed E-state index contributed by atoms with van der Waals surface area (Å²) in [5.74, 6) is -1.41. The van der Waals surface area contributed by atoms with Crippen molar-refractivity contribution in [2.75, 3.05) is 5.32 Å². The molecule has 0 fully saturated rings. The number of anilines is 1. The first-order valence-electron chi connectivity index (χ1n) is 6.48. The fourth-order valence-electron chi connectivity index (χ4n) is 1.89. The zero-order valence-corrected chi connectivity index (χ0v) is 12.0. The minimum absolute atomic E-state index is 0.554. The molecule has 1 aromatic carbocycles. The molecule has 0 atom stereocenters. The highest BCUT2D eigenvalue weighted by Gasteiger charge is 2.05. The second-order valence-electron chi connectivity index (χ2n) is 4.29. The van der Waals surface area contributed by atoms with E-state index in [1.807, 2.05) is 6.20 Å². The van der Waals surface area contributed by atoms with Gasteiger partial charge in [0.25, 0.3) is 5.76 Å². The maximum absolute atomic E-state index is 12.2. The van der Waals surface area contributed by atoms with Gasteiger partial charge in [0, 0.05) is 29.5 Å². The summed E-state index contributed by atoms with van der Waals surface area (Å²) in [5, 5.41) is 3.25. The van der Waals surface area contributed by atoms with E-state index in [4.69, 9.17) is 0 Å². The Morgan fingerprint density at radius 2 is 2.05 bits per heavy atom. The average molecular weight is 297 g/mol. The predicted octanol–water partition coefficient (Wildman–Crippen LogP) is 4.22. The van der Waals surface area contributed by atoms with Gasteiger partial charge in [0.05, 0.1) is 6.54 Å². The number of imidazole rings is 1. The van der Waals surface area contributed by atoms with Gasteiger partial charge in [-0.15, -0.1) is 0 Å². The third kappa shape index (κ3) is 4.23. The quantitative estimate of drug-likeness (QED) is 0.776. The zero-order chi connectivity index (χ0) is 14.4. The van der Waals surface area contributed by atoms with Crippen LogP contribution in [0, 0.1) is 0 Å². The largest absolute Gasteiger partial charge is 0.378 e. The predicted molar refractivity (Wildman–Crippen MR) is 78.1 cm³/mol. The molecule has 2 rings (SSSR count). The normalized spacial score (nSPS) is 11.0. The van der Waals surface area contributed by atoms with Gasteiger partial charge in [0.2, 0.25) is 0 Å². The number of nitrogens with one attached hydrogen (secondary N) is 1. The molecular formula is C14H17F2N3S. The van der Waals surface area contributed by atoms with Crippen LogP contribution in [0.3, 0.4) is 0 Å². The van der Waals surface area contributed by atoms with E-state index in [9.17, 15) is 8.78 Å². The molecular weight excluding hydrogens is 280 g/mol. The molecule has 0 saturated heterocycles. The van der Waals surface area contributed by atoms with Crippen molar-refractivity contribution in [1.29, 1.82) is 0 Å². The smallest absolute Gasteiger partial charge is 0.288 e. The van der Waals surface area contributed by atoms with E-state index in [1.54, 1.807) is 30.5 Å². The van der Waals surface area contributed by atoms with Gasteiger partial charge in [-0.3, -0.25) is 0 Å². The minimum Gasteiger partial charge on any atom is -0.378 e. The lowest BCUT2D eigenvalue weighted by molar-refractivity contribution is 0.252. The SMILES string of the molecule is CCCn1ccnc1CNc1ccc(SC(F)F)cc1. The van der Waals surface area contributed by atoms with Gasteiger partial charge in [-0.2, -0.15) is 8.78 Å². The Morgan fingerprint density at radius 3 is 2.70 bits per heavy atom. The topological polar surface area (TPSA) is 29.9 Å². The summed E-state index contributed by atoms with van der Waals surface area (Å²) in [6.45, 7) is 3.69. The number of halogens is 2. The molecule has 108 valence electrons. The van der Waals surface area contributed by atoms with Crippen LogP contribution in [0.25, 0.3) is 0 Å². The first-order valence-corrected chi connectivity index (χ1v) is 7.35. The van der Waals surface area contributed by atoms with Gasteiger partial charge in [-0.1, -0.05) is 18.7 Å². The lowest BCUT2D eigenvalue weighted by Gasteiger charge is -2.09. The molecule has 3 nitrogen and oxygen atoms in total. The number of nitrogens with zero attached hydrogens (tertiary/aromatic N) is 2. The van der Waals surface area contributed by atoms with Crippen molar-refractivity contribution in [3.8, 4) is 0 Å². The van der Waals surface area contributed by atoms with Crippen LogP contribution in [0.4, 0.5) is 14.5 Å². The van der Waals surface area contributed by atoms with Crippen LogP contribution in [-0.2, 0) is 13.1 Å². The summed E-state index contributed by atoms with van der Waals surface area (Å²) in [7, 11) is 0. The molecule has 0 unspecified atom stereocenters. The number of alkyl halides is 2. The fraction of sp³-hybridized carbons (Fsp3) is 0.357. The highest BCUT2D eigenvalue weighted by Crippen LogP contribution is 2.26. The number of thioether (sulfide) groups is 1. The van der Waals surface area contributed by atoms with E-state index in [0.29, 0.717) is 23.2 Å². The van der Waals surface area contributed by atoms with Crippen molar-refractivity contribution in [2.24, 2.45) is 0 Å². The van der Waals surface area contributed by atoms with Crippen molar-refractivity contribution < 1.29 is 8.78 Å². The maximum atomic E-state index is 12.2. The van der Waals surface area contributed by atoms with Crippen LogP contribution < -0.4 is 5.32 Å². The summed E-state index contributed by atoms with van der Waals surface area (Å²) >= 11 is 0.554. The molecule has 0 bridgehead atoms. The van der Waals surface area contributed by atoms with Gasteiger partial charge in [-0.25, -0.2) is 4.98 Å². The third-order valence-corrected chi connectivity index (χ3v) is 3.52. The molecule has 0 radical (unpaired) electrons. The Hall–Kier alpha value is -1.56. The van der Waals surface area contributed by atoms with Crippen molar-refractivity contribution in [1.82, 2.24) is 9.55 Å². The summed E-state index contributed by atoms with van der Waals surface area (Å²) < 4.78 is 26.5. The van der Waals surface area contributed by atoms with Gasteiger partial charge in [0.1, 0.15) is 5.82 Å². The Kier molecular flexibility index (Phi) is 5.40. The second-order valence-corrected chi connectivity index (χ2v) is 5.36. The van der Waals surface area contributed by atoms with E-state index >= 15 is 0 Å². The summed E-state index contributed by atoms with van der Waals surface area (Å²) in [6, 6.07) is 6.99. The molecule has 1 N–H and O–H groups in total. The molecule has 2 aromatic rings. The number of aromatic nitrogens is 2. The number of rotatable bonds is 7. The van der Waals surface area contributed by atoms with Gasteiger partial charge in [-0.05, 0) is 30.7 Å². The first kappa shape index (κ1) is 14.8. The van der Waals surface area contributed by atoms with E-state index in [0.717, 1.165) is 24.5 Å². The van der Waals surface area contributed by atoms with E-state index in [1.165, 1.54) is 0 Å². The Labute approximate surface area is 121 Å². The highest BCUT2D eigenvalue weighted by molar-refractivity contribution is 7.99. The molecule has 1 heterocycles. The Balaban J connectivity index is 1.92. The van der Waals surface area contributed by atoms with Crippen molar-refractivity contribution in [3.63, 3.8) is 0 Å². The second kappa shape index (κ2) is 7.28. The Morgan fingerprint density at radius 1 is 1.30 bits per heavy atom. The first-order chi connectivity index (χ1) is 9.69. The monoisotopic (exact) mass is 297 g/mol. The van der Waals surface area contributed by atoms with Crippen molar-refractivity contribution >= 4 is 17.4 Å². The number of aryl methyl sites for hydroxylation is 1. The average Bonchev–Trinajstić information content (AvgIpc) is 2.85. The molecule has 0 aliphatic rings. The standard InChI is InChI=1S/C14H17F2N3S/c1-2-8-19-9-7-17-13(19)10-18-11-3-5-12(6-4-11)20-14(15)16/h3-7,9,14,18H,2,8,10H2,1H3. The van der Waals surface area contributed by atoms with Crippen LogP contribution in [0.2, 0.25) is 0 Å². The molecule has 6 heteroatoms. The molecule has 0 amide bonds. The van der Waals surface area contributed by atoms with Crippen LogP contribution in [0.15, 0.2) is 41.6 Å². The molecule has 0 saturated carbocycles. The van der Waals surface area contributed by atoms with Crippen LogP contribution in [0.1, 0.15) is 19.2 Å². The van der Waals surface area contributed by atoms with E-state index in [2.05, 4.69) is 21.8 Å². The van der Waals surface area contributed by atoms with Gasteiger partial charge in [0.15, 0.2) is 0 Å². The number of hydrogen-bond donors (Lipinski definition) is 1. The Bertz CT molecular complexity index is 525. The van der Waals surface area contributed by atoms with Gasteiger partial charge < -0.3 is 9.88 Å². The van der Waals surface area contributed by atoms with E-state index in [-0.39, 0.29) is 0 Å². The lowest BCUT2D eigenvalue weighted by atomic mass is 10.3. The molecule has 0 spiro atoms. The van der Waals surface area contributed by atoms with Crippen LogP contribution >= 0.6 is 11.8 Å². The molecule has 0 aliphatic heterocycles.